The van der Waals surface area contributed by atoms with Crippen LogP contribution in [0.1, 0.15) is 46.0 Å². The van der Waals surface area contributed by atoms with E-state index >= 15 is 0 Å². The molecule has 0 heterocycles. The van der Waals surface area contributed by atoms with E-state index in [2.05, 4.69) is 13.8 Å². The first-order chi connectivity index (χ1) is 6.61. The summed E-state index contributed by atoms with van der Waals surface area (Å²) in [6.45, 7) is 4.62. The van der Waals surface area contributed by atoms with Gasteiger partial charge in [0.2, 0.25) is 0 Å². The summed E-state index contributed by atoms with van der Waals surface area (Å²) >= 11 is 0. The second kappa shape index (κ2) is 7.80. The van der Waals surface area contributed by atoms with Crippen LogP contribution in [0.25, 0.3) is 0 Å². The molecule has 0 bridgehead atoms. The van der Waals surface area contributed by atoms with Gasteiger partial charge in [-0.15, -0.1) is 0 Å². The lowest BCUT2D eigenvalue weighted by Gasteiger charge is -2.13. The topological polar surface area (TPSA) is 63.3 Å². The molecular weight excluding hydrogens is 178 g/mol. The van der Waals surface area contributed by atoms with Crippen LogP contribution in [0.4, 0.5) is 0 Å². The summed E-state index contributed by atoms with van der Waals surface area (Å²) in [4.78, 5) is 10.7. The number of hydrogen-bond acceptors (Lipinski definition) is 2. The van der Waals surface area contributed by atoms with Gasteiger partial charge in [0.05, 0.1) is 5.92 Å². The van der Waals surface area contributed by atoms with Gasteiger partial charge >= 0.3 is 5.97 Å². The van der Waals surface area contributed by atoms with E-state index in [1.807, 2.05) is 0 Å². The van der Waals surface area contributed by atoms with Crippen LogP contribution < -0.4 is 5.73 Å². The summed E-state index contributed by atoms with van der Waals surface area (Å²) in [7, 11) is 0. The smallest absolute Gasteiger partial charge is 0.307 e. The molecule has 0 amide bonds. The molecule has 0 saturated carbocycles. The minimum Gasteiger partial charge on any atom is -0.481 e. The fourth-order valence-electron chi connectivity index (χ4n) is 1.52. The predicted molar refractivity (Wildman–Crippen MR) is 58.1 cm³/mol. The average Bonchev–Trinajstić information content (AvgIpc) is 2.15. The number of carbonyl (C=O) groups is 1. The number of aliphatic carboxylic acids is 1. The highest BCUT2D eigenvalue weighted by atomic mass is 16.4. The lowest BCUT2D eigenvalue weighted by atomic mass is 9.93. The normalized spacial score (nSPS) is 15.1. The highest BCUT2D eigenvalue weighted by Crippen LogP contribution is 2.17. The Labute approximate surface area is 86.7 Å². The van der Waals surface area contributed by atoms with Crippen LogP contribution >= 0.6 is 0 Å². The number of nitrogens with two attached hydrogens (primary N) is 1. The Morgan fingerprint density at radius 1 is 1.36 bits per heavy atom. The number of hydrogen-bond donors (Lipinski definition) is 2. The third-order valence-corrected chi connectivity index (χ3v) is 2.69. The van der Waals surface area contributed by atoms with Gasteiger partial charge in [0.15, 0.2) is 0 Å². The molecule has 0 aliphatic carbocycles. The molecule has 3 nitrogen and oxygen atoms in total. The summed E-state index contributed by atoms with van der Waals surface area (Å²) in [6, 6.07) is 0. The minimum absolute atomic E-state index is 0.260. The van der Waals surface area contributed by atoms with Crippen molar-refractivity contribution in [2.75, 3.05) is 6.54 Å². The van der Waals surface area contributed by atoms with Gasteiger partial charge in [0, 0.05) is 6.54 Å². The van der Waals surface area contributed by atoms with Crippen molar-refractivity contribution in [1.82, 2.24) is 0 Å². The zero-order valence-corrected chi connectivity index (χ0v) is 9.33. The van der Waals surface area contributed by atoms with Crippen molar-refractivity contribution >= 4 is 5.97 Å². The van der Waals surface area contributed by atoms with Crippen LogP contribution in [0.5, 0.6) is 0 Å². The van der Waals surface area contributed by atoms with E-state index < -0.39 is 5.97 Å². The summed E-state index contributed by atoms with van der Waals surface area (Å²) in [5, 5.41) is 8.78. The second-order valence-electron chi connectivity index (χ2n) is 4.10. The molecule has 84 valence electrons. The fraction of sp³-hybridized carbons (Fsp3) is 0.909. The Kier molecular flexibility index (Phi) is 7.48. The number of carboxylic acids is 1. The third kappa shape index (κ3) is 5.97. The molecule has 0 aromatic carbocycles. The zero-order valence-electron chi connectivity index (χ0n) is 9.33. The lowest BCUT2D eigenvalue weighted by Crippen LogP contribution is -2.23. The molecule has 3 heteroatoms. The Balaban J connectivity index is 3.62. The van der Waals surface area contributed by atoms with Gasteiger partial charge in [-0.1, -0.05) is 33.1 Å². The quantitative estimate of drug-likeness (QED) is 0.633. The maximum absolute atomic E-state index is 10.7. The predicted octanol–water partition coefficient (Wildman–Crippen LogP) is 2.25. The van der Waals surface area contributed by atoms with Crippen LogP contribution in [-0.4, -0.2) is 17.6 Å². The maximum atomic E-state index is 10.7. The lowest BCUT2D eigenvalue weighted by molar-refractivity contribution is -0.141. The molecule has 2 atom stereocenters. The van der Waals surface area contributed by atoms with Crippen LogP contribution in [0.3, 0.4) is 0 Å². The first kappa shape index (κ1) is 13.4. The molecule has 2 unspecified atom stereocenters. The van der Waals surface area contributed by atoms with E-state index in [0.717, 1.165) is 12.8 Å². The number of rotatable bonds is 8. The van der Waals surface area contributed by atoms with E-state index in [1.165, 1.54) is 19.3 Å². The standard InChI is InChI=1S/C11H23NO2/c1-3-4-5-9(2)6-7-10(8-12)11(13)14/h9-10H,3-8,12H2,1-2H3,(H,13,14). The molecule has 0 aliphatic heterocycles. The van der Waals surface area contributed by atoms with E-state index in [1.54, 1.807) is 0 Å². The third-order valence-electron chi connectivity index (χ3n) is 2.69. The largest absolute Gasteiger partial charge is 0.481 e. The highest BCUT2D eigenvalue weighted by molar-refractivity contribution is 5.70. The van der Waals surface area contributed by atoms with Crippen LogP contribution in [-0.2, 0) is 4.79 Å². The summed E-state index contributed by atoms with van der Waals surface area (Å²) in [5.74, 6) is -0.474. The first-order valence-electron chi connectivity index (χ1n) is 5.54. The minimum atomic E-state index is -0.754. The SMILES string of the molecule is CCCCC(C)CCC(CN)C(=O)O. The van der Waals surface area contributed by atoms with E-state index in [9.17, 15) is 4.79 Å². The van der Waals surface area contributed by atoms with Crippen molar-refractivity contribution in [2.45, 2.75) is 46.0 Å². The Morgan fingerprint density at radius 2 is 2.00 bits per heavy atom. The van der Waals surface area contributed by atoms with Gasteiger partial charge < -0.3 is 10.8 Å². The average molecular weight is 201 g/mol. The molecule has 0 saturated heterocycles. The zero-order chi connectivity index (χ0) is 11.0. The Bertz CT molecular complexity index is 159. The molecular formula is C11H23NO2. The van der Waals surface area contributed by atoms with Crippen molar-refractivity contribution in [3.05, 3.63) is 0 Å². The molecule has 3 N–H and O–H groups in total. The van der Waals surface area contributed by atoms with Crippen LogP contribution in [0.15, 0.2) is 0 Å². The molecule has 0 rings (SSSR count). The fourth-order valence-corrected chi connectivity index (χ4v) is 1.52. The van der Waals surface area contributed by atoms with E-state index in [-0.39, 0.29) is 12.5 Å². The second-order valence-corrected chi connectivity index (χ2v) is 4.10. The molecule has 0 aliphatic rings. The first-order valence-corrected chi connectivity index (χ1v) is 5.54. The van der Waals surface area contributed by atoms with Crippen molar-refractivity contribution in [2.24, 2.45) is 17.6 Å². The van der Waals surface area contributed by atoms with Crippen molar-refractivity contribution < 1.29 is 9.90 Å². The van der Waals surface area contributed by atoms with Gasteiger partial charge in [-0.05, 0) is 18.8 Å². The summed E-state index contributed by atoms with van der Waals surface area (Å²) < 4.78 is 0. The Hall–Kier alpha value is -0.570. The van der Waals surface area contributed by atoms with E-state index in [0.29, 0.717) is 5.92 Å². The molecule has 0 aromatic heterocycles. The van der Waals surface area contributed by atoms with Gasteiger partial charge in [-0.25, -0.2) is 0 Å². The molecule has 0 fully saturated rings. The maximum Gasteiger partial charge on any atom is 0.307 e. The molecule has 0 aromatic rings. The molecule has 0 radical (unpaired) electrons. The molecule has 14 heavy (non-hydrogen) atoms. The monoisotopic (exact) mass is 201 g/mol. The van der Waals surface area contributed by atoms with Crippen molar-refractivity contribution in [1.29, 1.82) is 0 Å². The Morgan fingerprint density at radius 3 is 2.43 bits per heavy atom. The molecule has 0 spiro atoms. The van der Waals surface area contributed by atoms with Crippen LogP contribution in [0.2, 0.25) is 0 Å². The van der Waals surface area contributed by atoms with Gasteiger partial charge in [-0.3, -0.25) is 4.79 Å². The van der Waals surface area contributed by atoms with Crippen LogP contribution in [0, 0.1) is 11.8 Å². The number of unbranched alkanes of at least 4 members (excludes halogenated alkanes) is 1. The summed E-state index contributed by atoms with van der Waals surface area (Å²) in [6.07, 6.45) is 5.35. The van der Waals surface area contributed by atoms with Gasteiger partial charge in [0.25, 0.3) is 0 Å². The van der Waals surface area contributed by atoms with E-state index in [4.69, 9.17) is 10.8 Å². The van der Waals surface area contributed by atoms with Crippen molar-refractivity contribution in [3.8, 4) is 0 Å². The highest BCUT2D eigenvalue weighted by Gasteiger charge is 2.16. The summed E-state index contributed by atoms with van der Waals surface area (Å²) in [5.41, 5.74) is 5.38. The van der Waals surface area contributed by atoms with Gasteiger partial charge in [0.1, 0.15) is 0 Å². The van der Waals surface area contributed by atoms with Gasteiger partial charge in [-0.2, -0.15) is 0 Å². The number of carboxylic acid groups (broad SMARTS) is 1. The van der Waals surface area contributed by atoms with Crippen molar-refractivity contribution in [3.63, 3.8) is 0 Å².